The predicted octanol–water partition coefficient (Wildman–Crippen LogP) is 2.90. The molecule has 1 N–H and O–H groups in total. The number of pyridine rings is 1. The fourth-order valence-electron chi connectivity index (χ4n) is 3.52. The number of hydrogen-bond donors (Lipinski definition) is 1. The fourth-order valence-corrected chi connectivity index (χ4v) is 3.52. The first kappa shape index (κ1) is 19.5. The minimum atomic E-state index is -0.0580. The van der Waals surface area contributed by atoms with Crippen molar-refractivity contribution < 1.29 is 0 Å². The largest absolute Gasteiger partial charge is 0.383 e. The van der Waals surface area contributed by atoms with Gasteiger partial charge in [0.1, 0.15) is 0 Å². The smallest absolute Gasteiger partial charge is 0.266 e. The summed E-state index contributed by atoms with van der Waals surface area (Å²) in [6.45, 7) is 9.84. The number of rotatable bonds is 6. The lowest BCUT2D eigenvalue weighted by atomic mass is 9.92. The van der Waals surface area contributed by atoms with Crippen LogP contribution in [0.2, 0.25) is 0 Å². The predicted molar refractivity (Wildman–Crippen MR) is 109 cm³/mol. The van der Waals surface area contributed by atoms with Crippen LogP contribution in [0.15, 0.2) is 41.5 Å². The zero-order valence-corrected chi connectivity index (χ0v) is 16.7. The normalized spacial score (nSPS) is 18.4. The number of nitrogens with one attached hydrogen (secondary N) is 1. The van der Waals surface area contributed by atoms with Crippen LogP contribution in [0, 0.1) is 0 Å². The van der Waals surface area contributed by atoms with E-state index in [0.717, 1.165) is 31.0 Å². The first-order valence-corrected chi connectivity index (χ1v) is 9.90. The highest BCUT2D eigenvalue weighted by molar-refractivity contribution is 5.40. The number of aromatic nitrogens is 3. The van der Waals surface area contributed by atoms with Crippen molar-refractivity contribution >= 4 is 5.69 Å². The second-order valence-corrected chi connectivity index (χ2v) is 8.33. The van der Waals surface area contributed by atoms with Crippen molar-refractivity contribution in [1.82, 2.24) is 19.7 Å². The third-order valence-electron chi connectivity index (χ3n) is 5.21. The van der Waals surface area contributed by atoms with Gasteiger partial charge < -0.3 is 5.32 Å². The zero-order chi connectivity index (χ0) is 19.3. The molecule has 1 unspecified atom stereocenters. The quantitative estimate of drug-likeness (QED) is 0.848. The van der Waals surface area contributed by atoms with Gasteiger partial charge in [-0.1, -0.05) is 27.2 Å². The van der Waals surface area contributed by atoms with Crippen LogP contribution in [0.5, 0.6) is 0 Å². The minimum Gasteiger partial charge on any atom is -0.383 e. The third kappa shape index (κ3) is 5.39. The summed E-state index contributed by atoms with van der Waals surface area (Å²) >= 11 is 0. The molecule has 27 heavy (non-hydrogen) atoms. The van der Waals surface area contributed by atoms with Crippen molar-refractivity contribution in [3.8, 4) is 0 Å². The Morgan fingerprint density at radius 1 is 1.11 bits per heavy atom. The summed E-state index contributed by atoms with van der Waals surface area (Å²) in [6, 6.07) is 7.96. The lowest BCUT2D eigenvalue weighted by molar-refractivity contribution is 0.147. The number of anilines is 1. The Morgan fingerprint density at radius 2 is 1.89 bits per heavy atom. The van der Waals surface area contributed by atoms with Crippen molar-refractivity contribution in [3.63, 3.8) is 0 Å². The molecule has 1 aliphatic rings. The molecule has 1 atom stereocenters. The third-order valence-corrected chi connectivity index (χ3v) is 5.21. The van der Waals surface area contributed by atoms with Gasteiger partial charge in [-0.25, -0.2) is 4.68 Å². The standard InChI is InChI=1S/C21H31N5O/c1-21(2,3)19-7-8-20(27)26(24-19)15-14-25-13-5-4-6-18(25)16-23-17-9-11-22-12-10-17/h7-12,18H,4-6,13-16H2,1-3H3,(H,22,23). The van der Waals surface area contributed by atoms with E-state index in [4.69, 9.17) is 0 Å². The van der Waals surface area contributed by atoms with Gasteiger partial charge in [-0.05, 0) is 37.6 Å². The van der Waals surface area contributed by atoms with Crippen molar-refractivity contribution in [3.05, 3.63) is 52.7 Å². The molecule has 6 nitrogen and oxygen atoms in total. The van der Waals surface area contributed by atoms with Crippen LogP contribution in [0.4, 0.5) is 5.69 Å². The van der Waals surface area contributed by atoms with E-state index in [0.29, 0.717) is 12.6 Å². The van der Waals surface area contributed by atoms with Gasteiger partial charge in [-0.15, -0.1) is 0 Å². The molecule has 0 aromatic carbocycles. The first-order chi connectivity index (χ1) is 12.9. The molecular weight excluding hydrogens is 338 g/mol. The van der Waals surface area contributed by atoms with Crippen molar-refractivity contribution in [1.29, 1.82) is 0 Å². The first-order valence-electron chi connectivity index (χ1n) is 9.90. The second kappa shape index (κ2) is 8.65. The average Bonchev–Trinajstić information content (AvgIpc) is 2.66. The molecule has 1 saturated heterocycles. The fraction of sp³-hybridized carbons (Fsp3) is 0.571. The van der Waals surface area contributed by atoms with Crippen molar-refractivity contribution in [2.24, 2.45) is 0 Å². The average molecular weight is 370 g/mol. The second-order valence-electron chi connectivity index (χ2n) is 8.33. The monoisotopic (exact) mass is 369 g/mol. The molecule has 2 aromatic heterocycles. The Labute approximate surface area is 161 Å². The van der Waals surface area contributed by atoms with Crippen LogP contribution in [0.25, 0.3) is 0 Å². The van der Waals surface area contributed by atoms with E-state index in [1.165, 1.54) is 19.3 Å². The van der Waals surface area contributed by atoms with Crippen LogP contribution in [-0.4, -0.2) is 45.3 Å². The van der Waals surface area contributed by atoms with Gasteiger partial charge in [0, 0.05) is 48.7 Å². The number of hydrogen-bond acceptors (Lipinski definition) is 5. The summed E-state index contributed by atoms with van der Waals surface area (Å²) < 4.78 is 1.63. The SMILES string of the molecule is CC(C)(C)c1ccc(=O)n(CCN2CCCCC2CNc2ccncc2)n1. The molecule has 6 heteroatoms. The summed E-state index contributed by atoms with van der Waals surface area (Å²) in [5, 5.41) is 8.12. The zero-order valence-electron chi connectivity index (χ0n) is 16.7. The van der Waals surface area contributed by atoms with E-state index in [2.05, 4.69) is 41.1 Å². The summed E-state index contributed by atoms with van der Waals surface area (Å²) in [7, 11) is 0. The molecule has 0 aliphatic carbocycles. The summed E-state index contributed by atoms with van der Waals surface area (Å²) in [5.74, 6) is 0. The summed E-state index contributed by atoms with van der Waals surface area (Å²) in [5.41, 5.74) is 1.98. The van der Waals surface area contributed by atoms with E-state index < -0.39 is 0 Å². The van der Waals surface area contributed by atoms with Gasteiger partial charge in [-0.2, -0.15) is 5.10 Å². The van der Waals surface area contributed by atoms with E-state index in [1.807, 2.05) is 18.2 Å². The van der Waals surface area contributed by atoms with Gasteiger partial charge in [0.15, 0.2) is 0 Å². The van der Waals surface area contributed by atoms with E-state index in [-0.39, 0.29) is 11.0 Å². The van der Waals surface area contributed by atoms with Crippen LogP contribution in [-0.2, 0) is 12.0 Å². The van der Waals surface area contributed by atoms with E-state index >= 15 is 0 Å². The topological polar surface area (TPSA) is 63.1 Å². The molecule has 1 fully saturated rings. The lowest BCUT2D eigenvalue weighted by Crippen LogP contribution is -2.45. The van der Waals surface area contributed by atoms with E-state index in [1.54, 1.807) is 23.1 Å². The summed E-state index contributed by atoms with van der Waals surface area (Å²) in [4.78, 5) is 18.8. The van der Waals surface area contributed by atoms with Crippen LogP contribution >= 0.6 is 0 Å². The van der Waals surface area contributed by atoms with Gasteiger partial charge in [-0.3, -0.25) is 14.7 Å². The highest BCUT2D eigenvalue weighted by atomic mass is 16.1. The Balaban J connectivity index is 1.62. The van der Waals surface area contributed by atoms with E-state index in [9.17, 15) is 4.79 Å². The maximum atomic E-state index is 12.2. The maximum absolute atomic E-state index is 12.2. The van der Waals surface area contributed by atoms with Crippen LogP contribution in [0.1, 0.15) is 45.7 Å². The molecule has 3 rings (SSSR count). The molecule has 0 bridgehead atoms. The van der Waals surface area contributed by atoms with Gasteiger partial charge in [0.2, 0.25) is 0 Å². The number of piperidine rings is 1. The molecule has 2 aromatic rings. The van der Waals surface area contributed by atoms with Gasteiger partial charge >= 0.3 is 0 Å². The van der Waals surface area contributed by atoms with Crippen LogP contribution < -0.4 is 10.9 Å². The lowest BCUT2D eigenvalue weighted by Gasteiger charge is -2.36. The van der Waals surface area contributed by atoms with Crippen LogP contribution in [0.3, 0.4) is 0 Å². The maximum Gasteiger partial charge on any atom is 0.266 e. The molecule has 146 valence electrons. The van der Waals surface area contributed by atoms with Crippen molar-refractivity contribution in [2.45, 2.75) is 58.0 Å². The molecule has 0 saturated carbocycles. The Morgan fingerprint density at radius 3 is 2.63 bits per heavy atom. The Kier molecular flexibility index (Phi) is 6.26. The van der Waals surface area contributed by atoms with Crippen molar-refractivity contribution in [2.75, 3.05) is 25.0 Å². The minimum absolute atomic E-state index is 0.0218. The highest BCUT2D eigenvalue weighted by Gasteiger charge is 2.22. The summed E-state index contributed by atoms with van der Waals surface area (Å²) in [6.07, 6.45) is 7.28. The van der Waals surface area contributed by atoms with Gasteiger partial charge in [0.05, 0.1) is 12.2 Å². The molecular formula is C21H31N5O. The molecule has 0 amide bonds. The molecule has 3 heterocycles. The molecule has 0 spiro atoms. The van der Waals surface area contributed by atoms with Gasteiger partial charge in [0.25, 0.3) is 5.56 Å². The number of nitrogens with zero attached hydrogens (tertiary/aromatic N) is 4. The molecule has 0 radical (unpaired) electrons. The Hall–Kier alpha value is -2.21. The number of likely N-dealkylation sites (tertiary alicyclic amines) is 1. The Bertz CT molecular complexity index is 781. The highest BCUT2D eigenvalue weighted by Crippen LogP contribution is 2.19. The molecule has 1 aliphatic heterocycles.